The number of hydrogen-bond acceptors (Lipinski definition) is 5. The van der Waals surface area contributed by atoms with Crippen molar-refractivity contribution in [3.05, 3.63) is 48.0 Å². The minimum atomic E-state index is -0.229. The molecule has 2 N–H and O–H groups in total. The van der Waals surface area contributed by atoms with Crippen LogP contribution < -0.4 is 24.8 Å². The Morgan fingerprint density at radius 1 is 0.970 bits per heavy atom. The molecule has 0 aromatic heterocycles. The number of hydrogen-bond donors (Lipinski definition) is 2. The second-order valence-corrected chi connectivity index (χ2v) is 7.65. The highest BCUT2D eigenvalue weighted by Gasteiger charge is 2.20. The van der Waals surface area contributed by atoms with Gasteiger partial charge in [-0.15, -0.1) is 0 Å². The van der Waals surface area contributed by atoms with Gasteiger partial charge in [0, 0.05) is 31.2 Å². The molecule has 1 unspecified atom stereocenters. The Kier molecular flexibility index (Phi) is 10.3. The summed E-state index contributed by atoms with van der Waals surface area (Å²) in [6.45, 7) is 4.82. The van der Waals surface area contributed by atoms with Crippen molar-refractivity contribution in [3.63, 3.8) is 0 Å². The minimum absolute atomic E-state index is 0.00260. The molecule has 0 bridgehead atoms. The maximum atomic E-state index is 12.8. The predicted molar refractivity (Wildman–Crippen MR) is 129 cm³/mol. The van der Waals surface area contributed by atoms with Crippen molar-refractivity contribution in [2.75, 3.05) is 39.7 Å². The summed E-state index contributed by atoms with van der Waals surface area (Å²) in [5, 5.41) is 5.82. The zero-order chi connectivity index (χ0) is 24.2. The molecule has 0 aliphatic heterocycles. The normalized spacial score (nSPS) is 11.3. The molecule has 2 aromatic carbocycles. The van der Waals surface area contributed by atoms with Gasteiger partial charge in [0.15, 0.2) is 11.5 Å². The molecule has 2 rings (SSSR count). The summed E-state index contributed by atoms with van der Waals surface area (Å²) >= 11 is 0. The van der Waals surface area contributed by atoms with Gasteiger partial charge in [-0.2, -0.15) is 0 Å². The first-order valence-electron chi connectivity index (χ1n) is 11.1. The highest BCUT2D eigenvalue weighted by atomic mass is 16.5. The fraction of sp³-hybridized carbons (Fsp3) is 0.440. The number of benzene rings is 2. The monoisotopic (exact) mass is 457 g/mol. The molecule has 8 heteroatoms. The molecule has 0 heterocycles. The number of nitrogens with zero attached hydrogens (tertiary/aromatic N) is 1. The Hall–Kier alpha value is -3.42. The quantitative estimate of drug-likeness (QED) is 0.501. The van der Waals surface area contributed by atoms with Crippen molar-refractivity contribution in [2.45, 2.75) is 39.2 Å². The molecule has 8 nitrogen and oxygen atoms in total. The summed E-state index contributed by atoms with van der Waals surface area (Å²) in [6.07, 6.45) is 1.68. The van der Waals surface area contributed by atoms with Crippen LogP contribution in [0.25, 0.3) is 0 Å². The number of carbonyl (C=O) groups excluding carboxylic acids is 2. The van der Waals surface area contributed by atoms with E-state index in [4.69, 9.17) is 14.2 Å². The lowest BCUT2D eigenvalue weighted by atomic mass is 10.1. The molecule has 0 saturated carbocycles. The van der Waals surface area contributed by atoms with Crippen LogP contribution in [0, 0.1) is 0 Å². The van der Waals surface area contributed by atoms with E-state index in [1.807, 2.05) is 32.0 Å². The highest BCUT2D eigenvalue weighted by Crippen LogP contribution is 2.27. The highest BCUT2D eigenvalue weighted by molar-refractivity contribution is 5.90. The van der Waals surface area contributed by atoms with Crippen LogP contribution >= 0.6 is 0 Å². The molecule has 0 aliphatic carbocycles. The summed E-state index contributed by atoms with van der Waals surface area (Å²) in [4.78, 5) is 26.9. The number of urea groups is 1. The molecule has 33 heavy (non-hydrogen) atoms. The predicted octanol–water partition coefficient (Wildman–Crippen LogP) is 4.09. The first-order chi connectivity index (χ1) is 15.9. The van der Waals surface area contributed by atoms with E-state index in [0.29, 0.717) is 36.7 Å². The van der Waals surface area contributed by atoms with Crippen LogP contribution in [0.1, 0.15) is 32.3 Å². The Labute approximate surface area is 196 Å². The minimum Gasteiger partial charge on any atom is -0.497 e. The molecule has 2 aromatic rings. The summed E-state index contributed by atoms with van der Waals surface area (Å²) in [5.74, 6) is 1.95. The summed E-state index contributed by atoms with van der Waals surface area (Å²) in [7, 11) is 4.78. The summed E-state index contributed by atoms with van der Waals surface area (Å²) < 4.78 is 15.7. The zero-order valence-electron chi connectivity index (χ0n) is 20.1. The lowest BCUT2D eigenvalue weighted by Gasteiger charge is -2.28. The smallest absolute Gasteiger partial charge is 0.322 e. The summed E-state index contributed by atoms with van der Waals surface area (Å²) in [5.41, 5.74) is 1.71. The Morgan fingerprint density at radius 2 is 1.67 bits per heavy atom. The van der Waals surface area contributed by atoms with E-state index < -0.39 is 0 Å². The van der Waals surface area contributed by atoms with Gasteiger partial charge in [-0.1, -0.05) is 13.0 Å². The van der Waals surface area contributed by atoms with Crippen LogP contribution in [-0.4, -0.2) is 57.3 Å². The number of rotatable bonds is 12. The second-order valence-electron chi connectivity index (χ2n) is 7.65. The van der Waals surface area contributed by atoms with Gasteiger partial charge in [0.1, 0.15) is 5.75 Å². The molecule has 0 fully saturated rings. The largest absolute Gasteiger partial charge is 0.497 e. The average Bonchev–Trinajstić information content (AvgIpc) is 2.84. The van der Waals surface area contributed by atoms with Crippen molar-refractivity contribution in [2.24, 2.45) is 0 Å². The third-order valence-electron chi connectivity index (χ3n) is 5.49. The van der Waals surface area contributed by atoms with Crippen LogP contribution in [-0.2, 0) is 11.2 Å². The van der Waals surface area contributed by atoms with E-state index >= 15 is 0 Å². The van der Waals surface area contributed by atoms with Gasteiger partial charge in [-0.05, 0) is 61.7 Å². The number of anilines is 1. The molecule has 1 atom stereocenters. The summed E-state index contributed by atoms with van der Waals surface area (Å²) in [6, 6.07) is 12.6. The molecule has 0 radical (unpaired) electrons. The molecule has 3 amide bonds. The van der Waals surface area contributed by atoms with Crippen molar-refractivity contribution >= 4 is 17.6 Å². The van der Waals surface area contributed by atoms with E-state index in [9.17, 15) is 9.59 Å². The second kappa shape index (κ2) is 13.2. The van der Waals surface area contributed by atoms with Gasteiger partial charge in [-0.3, -0.25) is 4.79 Å². The average molecular weight is 458 g/mol. The van der Waals surface area contributed by atoms with E-state index in [1.54, 1.807) is 50.5 Å². The lowest BCUT2D eigenvalue weighted by Crippen LogP contribution is -2.43. The molecule has 0 saturated heterocycles. The van der Waals surface area contributed by atoms with Crippen LogP contribution in [0.15, 0.2) is 42.5 Å². The number of nitrogens with one attached hydrogen (secondary N) is 2. The van der Waals surface area contributed by atoms with Crippen LogP contribution in [0.2, 0.25) is 0 Å². The third kappa shape index (κ3) is 7.89. The Morgan fingerprint density at radius 3 is 2.27 bits per heavy atom. The molecular formula is C25H35N3O5. The first-order valence-corrected chi connectivity index (χ1v) is 11.1. The molecular weight excluding hydrogens is 422 g/mol. The van der Waals surface area contributed by atoms with E-state index in [2.05, 4.69) is 10.6 Å². The van der Waals surface area contributed by atoms with Gasteiger partial charge in [0.25, 0.3) is 0 Å². The maximum Gasteiger partial charge on any atom is 0.322 e. The van der Waals surface area contributed by atoms with Gasteiger partial charge in [-0.25, -0.2) is 4.79 Å². The van der Waals surface area contributed by atoms with E-state index in [1.165, 1.54) is 0 Å². The van der Waals surface area contributed by atoms with E-state index in [0.717, 1.165) is 17.7 Å². The fourth-order valence-corrected chi connectivity index (χ4v) is 3.30. The van der Waals surface area contributed by atoms with Crippen molar-refractivity contribution in [3.8, 4) is 17.2 Å². The van der Waals surface area contributed by atoms with Crippen molar-refractivity contribution in [1.29, 1.82) is 0 Å². The lowest BCUT2D eigenvalue weighted by molar-refractivity contribution is -0.121. The third-order valence-corrected chi connectivity index (χ3v) is 5.49. The Bertz CT molecular complexity index is 901. The molecule has 0 aliphatic rings. The van der Waals surface area contributed by atoms with Crippen LogP contribution in [0.3, 0.4) is 0 Å². The number of carbonyl (C=O) groups is 2. The van der Waals surface area contributed by atoms with Crippen molar-refractivity contribution < 1.29 is 23.8 Å². The first kappa shape index (κ1) is 25.8. The van der Waals surface area contributed by atoms with Crippen molar-refractivity contribution in [1.82, 2.24) is 10.2 Å². The van der Waals surface area contributed by atoms with Crippen LogP contribution in [0.5, 0.6) is 17.2 Å². The maximum absolute atomic E-state index is 12.8. The van der Waals surface area contributed by atoms with E-state index in [-0.39, 0.29) is 24.4 Å². The topological polar surface area (TPSA) is 89.1 Å². The number of amides is 3. The van der Waals surface area contributed by atoms with Gasteiger partial charge >= 0.3 is 6.03 Å². The van der Waals surface area contributed by atoms with Crippen LogP contribution in [0.4, 0.5) is 10.5 Å². The van der Waals surface area contributed by atoms with Gasteiger partial charge in [0.05, 0.1) is 21.3 Å². The standard InChI is InChI=1S/C25H35N3O5/c1-6-18(2)28(25(30)27-20-8-10-21(31-3)11-9-20)16-14-24(29)26-15-13-19-7-12-22(32-4)23(17-19)33-5/h7-12,17-18H,6,13-16H2,1-5H3,(H,26,29)(H,27,30). The zero-order valence-corrected chi connectivity index (χ0v) is 20.1. The number of methoxy groups -OCH3 is 3. The van der Waals surface area contributed by atoms with Gasteiger partial charge < -0.3 is 29.7 Å². The number of ether oxygens (including phenoxy) is 3. The molecule has 0 spiro atoms. The van der Waals surface area contributed by atoms with Gasteiger partial charge in [0.2, 0.25) is 5.91 Å². The SMILES string of the molecule is CCC(C)N(CCC(=O)NCCc1ccc(OC)c(OC)c1)C(=O)Nc1ccc(OC)cc1. The molecule has 180 valence electrons. The Balaban J connectivity index is 1.85. The fourth-order valence-electron chi connectivity index (χ4n) is 3.30.